The van der Waals surface area contributed by atoms with Gasteiger partial charge < -0.3 is 14.8 Å². The van der Waals surface area contributed by atoms with E-state index in [-0.39, 0.29) is 11.8 Å². The number of morpholine rings is 1. The van der Waals surface area contributed by atoms with E-state index in [2.05, 4.69) is 10.2 Å². The summed E-state index contributed by atoms with van der Waals surface area (Å²) in [6, 6.07) is 7.97. The molecule has 1 fully saturated rings. The highest BCUT2D eigenvalue weighted by Gasteiger charge is 2.25. The van der Waals surface area contributed by atoms with E-state index >= 15 is 0 Å². The molecule has 1 N–H and O–H groups in total. The highest BCUT2D eigenvalue weighted by molar-refractivity contribution is 5.79. The fourth-order valence-electron chi connectivity index (χ4n) is 3.14. The summed E-state index contributed by atoms with van der Waals surface area (Å²) in [7, 11) is 0. The summed E-state index contributed by atoms with van der Waals surface area (Å²) in [5, 5.41) is 3.06. The number of hydrogen-bond donors (Lipinski definition) is 1. The first-order chi connectivity index (χ1) is 11.3. The van der Waals surface area contributed by atoms with E-state index in [9.17, 15) is 4.79 Å². The predicted molar refractivity (Wildman–Crippen MR) is 88.6 cm³/mol. The molecule has 0 bridgehead atoms. The maximum absolute atomic E-state index is 12.3. The van der Waals surface area contributed by atoms with Gasteiger partial charge >= 0.3 is 0 Å². The zero-order chi connectivity index (χ0) is 15.9. The summed E-state index contributed by atoms with van der Waals surface area (Å²) in [6.45, 7) is 6.09. The minimum atomic E-state index is -0.0656. The first-order valence-electron chi connectivity index (χ1n) is 8.61. The van der Waals surface area contributed by atoms with Gasteiger partial charge in [-0.2, -0.15) is 0 Å². The molecule has 5 nitrogen and oxygen atoms in total. The van der Waals surface area contributed by atoms with Crippen molar-refractivity contribution < 1.29 is 14.3 Å². The predicted octanol–water partition coefficient (Wildman–Crippen LogP) is 1.47. The summed E-state index contributed by atoms with van der Waals surface area (Å²) < 4.78 is 11.0. The van der Waals surface area contributed by atoms with Crippen LogP contribution in [0.1, 0.15) is 18.4 Å². The molecule has 1 atom stereocenters. The van der Waals surface area contributed by atoms with Crippen molar-refractivity contribution >= 4 is 5.91 Å². The maximum Gasteiger partial charge on any atom is 0.226 e. The Labute approximate surface area is 137 Å². The van der Waals surface area contributed by atoms with Crippen molar-refractivity contribution in [3.05, 3.63) is 29.8 Å². The van der Waals surface area contributed by atoms with Gasteiger partial charge in [0.05, 0.1) is 19.1 Å². The molecule has 2 heterocycles. The minimum absolute atomic E-state index is 0.0656. The Hall–Kier alpha value is -1.59. The van der Waals surface area contributed by atoms with Crippen LogP contribution in [0.5, 0.6) is 5.75 Å². The Morgan fingerprint density at radius 3 is 2.91 bits per heavy atom. The van der Waals surface area contributed by atoms with Crippen LogP contribution >= 0.6 is 0 Å². The van der Waals surface area contributed by atoms with Crippen molar-refractivity contribution in [2.75, 3.05) is 46.0 Å². The quantitative estimate of drug-likeness (QED) is 0.807. The molecule has 0 aliphatic carbocycles. The highest BCUT2D eigenvalue weighted by atomic mass is 16.5. The van der Waals surface area contributed by atoms with E-state index in [0.717, 1.165) is 70.0 Å². The van der Waals surface area contributed by atoms with E-state index in [4.69, 9.17) is 9.47 Å². The fraction of sp³-hybridized carbons (Fsp3) is 0.611. The molecule has 1 saturated heterocycles. The third-order valence-electron chi connectivity index (χ3n) is 4.55. The summed E-state index contributed by atoms with van der Waals surface area (Å²) >= 11 is 0. The van der Waals surface area contributed by atoms with Gasteiger partial charge in [0.1, 0.15) is 12.4 Å². The molecule has 0 radical (unpaired) electrons. The molecule has 1 aromatic rings. The Morgan fingerprint density at radius 2 is 2.04 bits per heavy atom. The Kier molecular flexibility index (Phi) is 5.88. The second kappa shape index (κ2) is 8.31. The number of amides is 1. The number of para-hydroxylation sites is 1. The summed E-state index contributed by atoms with van der Waals surface area (Å²) in [6.07, 6.45) is 2.91. The number of benzene rings is 1. The number of hydrogen-bond acceptors (Lipinski definition) is 4. The van der Waals surface area contributed by atoms with E-state index < -0.39 is 0 Å². The number of unbranched alkanes of at least 4 members (excludes halogenated alkanes) is 1. The largest absolute Gasteiger partial charge is 0.492 e. The van der Waals surface area contributed by atoms with Crippen LogP contribution < -0.4 is 10.1 Å². The number of nitrogens with zero attached hydrogens (tertiary/aromatic N) is 1. The van der Waals surface area contributed by atoms with Crippen molar-refractivity contribution in [1.82, 2.24) is 10.2 Å². The third-order valence-corrected chi connectivity index (χ3v) is 4.55. The number of carbonyl (C=O) groups excluding carboxylic acids is 1. The van der Waals surface area contributed by atoms with Gasteiger partial charge in [-0.1, -0.05) is 18.2 Å². The van der Waals surface area contributed by atoms with E-state index in [0.29, 0.717) is 6.61 Å². The molecule has 5 heteroatoms. The summed E-state index contributed by atoms with van der Waals surface area (Å²) in [5.41, 5.74) is 1.13. The average Bonchev–Trinajstić information content (AvgIpc) is 2.61. The van der Waals surface area contributed by atoms with E-state index in [1.807, 2.05) is 24.3 Å². The van der Waals surface area contributed by atoms with Gasteiger partial charge in [-0.05, 0) is 37.4 Å². The van der Waals surface area contributed by atoms with Gasteiger partial charge in [0.2, 0.25) is 5.91 Å². The van der Waals surface area contributed by atoms with Crippen LogP contribution in [0.15, 0.2) is 24.3 Å². The number of carbonyl (C=O) groups is 1. The van der Waals surface area contributed by atoms with Gasteiger partial charge in [-0.3, -0.25) is 9.69 Å². The van der Waals surface area contributed by atoms with Crippen LogP contribution in [0.3, 0.4) is 0 Å². The lowest BCUT2D eigenvalue weighted by atomic mass is 9.96. The van der Waals surface area contributed by atoms with Crippen molar-refractivity contribution in [2.45, 2.75) is 19.3 Å². The fourth-order valence-corrected chi connectivity index (χ4v) is 3.14. The number of fused-ring (bicyclic) bond motifs is 1. The molecular formula is C18H26N2O3. The molecular weight excluding hydrogens is 292 g/mol. The van der Waals surface area contributed by atoms with E-state index in [1.165, 1.54) is 0 Å². The zero-order valence-electron chi connectivity index (χ0n) is 13.6. The topological polar surface area (TPSA) is 50.8 Å². The number of rotatable bonds is 6. The van der Waals surface area contributed by atoms with Crippen LogP contribution in [0.25, 0.3) is 0 Å². The Bertz CT molecular complexity index is 515. The third kappa shape index (κ3) is 4.69. The van der Waals surface area contributed by atoms with Crippen LogP contribution in [-0.2, 0) is 16.0 Å². The standard InChI is InChI=1S/C18H26N2O3/c21-18(16-13-15-5-1-2-6-17(15)23-14-16)19-7-3-4-8-20-9-11-22-12-10-20/h1-2,5-6,16H,3-4,7-14H2,(H,19,21). The van der Waals surface area contributed by atoms with Crippen molar-refractivity contribution in [3.63, 3.8) is 0 Å². The first kappa shape index (κ1) is 16.3. The molecule has 3 rings (SSSR count). The minimum Gasteiger partial charge on any atom is -0.492 e. The monoisotopic (exact) mass is 318 g/mol. The smallest absolute Gasteiger partial charge is 0.226 e. The molecule has 1 aromatic carbocycles. The molecule has 0 saturated carbocycles. The highest BCUT2D eigenvalue weighted by Crippen LogP contribution is 2.26. The maximum atomic E-state index is 12.3. The summed E-state index contributed by atoms with van der Waals surface area (Å²) in [5.74, 6) is 0.970. The van der Waals surface area contributed by atoms with Gasteiger partial charge in [-0.15, -0.1) is 0 Å². The van der Waals surface area contributed by atoms with Crippen molar-refractivity contribution in [2.24, 2.45) is 5.92 Å². The number of nitrogens with one attached hydrogen (secondary N) is 1. The van der Waals surface area contributed by atoms with Crippen molar-refractivity contribution in [3.8, 4) is 5.75 Å². The van der Waals surface area contributed by atoms with Gasteiger partial charge in [-0.25, -0.2) is 0 Å². The zero-order valence-corrected chi connectivity index (χ0v) is 13.6. The lowest BCUT2D eigenvalue weighted by Gasteiger charge is -2.26. The lowest BCUT2D eigenvalue weighted by Crippen LogP contribution is -2.38. The molecule has 126 valence electrons. The molecule has 2 aliphatic heterocycles. The molecule has 1 unspecified atom stereocenters. The van der Waals surface area contributed by atoms with Crippen LogP contribution in [0.4, 0.5) is 0 Å². The Balaban J connectivity index is 1.32. The van der Waals surface area contributed by atoms with Gasteiger partial charge in [0.25, 0.3) is 0 Å². The lowest BCUT2D eigenvalue weighted by molar-refractivity contribution is -0.126. The molecule has 23 heavy (non-hydrogen) atoms. The van der Waals surface area contributed by atoms with Crippen LogP contribution in [0, 0.1) is 5.92 Å². The van der Waals surface area contributed by atoms with Crippen LogP contribution in [-0.4, -0.2) is 56.8 Å². The second-order valence-electron chi connectivity index (χ2n) is 6.27. The molecule has 0 spiro atoms. The average molecular weight is 318 g/mol. The van der Waals surface area contributed by atoms with E-state index in [1.54, 1.807) is 0 Å². The van der Waals surface area contributed by atoms with Gasteiger partial charge in [0, 0.05) is 19.6 Å². The van der Waals surface area contributed by atoms with Gasteiger partial charge in [0.15, 0.2) is 0 Å². The van der Waals surface area contributed by atoms with Crippen LogP contribution in [0.2, 0.25) is 0 Å². The Morgan fingerprint density at radius 1 is 1.22 bits per heavy atom. The molecule has 2 aliphatic rings. The molecule has 1 amide bonds. The van der Waals surface area contributed by atoms with Crippen molar-refractivity contribution in [1.29, 1.82) is 0 Å². The SMILES string of the molecule is O=C(NCCCCN1CCOCC1)C1COc2ccccc2C1. The normalized spacial score (nSPS) is 21.3. The number of ether oxygens (including phenoxy) is 2. The summed E-state index contributed by atoms with van der Waals surface area (Å²) in [4.78, 5) is 14.7. The second-order valence-corrected chi connectivity index (χ2v) is 6.27. The first-order valence-corrected chi connectivity index (χ1v) is 8.61. The molecule has 0 aromatic heterocycles.